The zero-order valence-corrected chi connectivity index (χ0v) is 27.4. The van der Waals surface area contributed by atoms with Crippen LogP contribution in [-0.4, -0.2) is 61.1 Å². The van der Waals surface area contributed by atoms with Gasteiger partial charge in [-0.15, -0.1) is 0 Å². The van der Waals surface area contributed by atoms with Crippen LogP contribution in [0.5, 0.6) is 5.75 Å². The molecule has 0 aliphatic heterocycles. The molecule has 0 fully saturated rings. The zero-order valence-electron chi connectivity index (χ0n) is 22.3. The van der Waals surface area contributed by atoms with Crippen molar-refractivity contribution in [1.29, 1.82) is 0 Å². The van der Waals surface area contributed by atoms with Gasteiger partial charge in [0.15, 0.2) is 0 Å². The maximum atomic E-state index is 12.5. The number of alkyl halides is 3. The van der Waals surface area contributed by atoms with E-state index in [2.05, 4.69) is 32.2 Å². The predicted octanol–water partition coefficient (Wildman–Crippen LogP) is 6.93. The first-order valence-electron chi connectivity index (χ1n) is 12.8. The summed E-state index contributed by atoms with van der Waals surface area (Å²) in [5.74, 6) is 0.374. The third-order valence-corrected chi connectivity index (χ3v) is 22.4. The van der Waals surface area contributed by atoms with Gasteiger partial charge in [0.05, 0.1) is 0 Å². The molecule has 1 atom stereocenters. The number of esters is 1. The Balaban J connectivity index is 3.35. The molecule has 0 aromatic heterocycles. The van der Waals surface area contributed by atoms with E-state index in [0.717, 1.165) is 11.3 Å². The Hall–Kier alpha value is -0.571. The molecule has 0 heterocycles. The number of nitrogens with one attached hydrogen (secondary N) is 1. The Morgan fingerprint density at radius 1 is 0.972 bits per heavy atom. The molecule has 0 aliphatic rings. The molecule has 0 bridgehead atoms. The summed E-state index contributed by atoms with van der Waals surface area (Å²) < 4.78 is 19.3. The van der Waals surface area contributed by atoms with Gasteiger partial charge in [-0.1, -0.05) is 0 Å². The number of hydrogen-bond acceptors (Lipinski definition) is 5. The van der Waals surface area contributed by atoms with Crippen LogP contribution in [0, 0.1) is 0 Å². The molecule has 0 aliphatic carbocycles. The van der Waals surface area contributed by atoms with Crippen molar-refractivity contribution in [2.24, 2.45) is 0 Å². The van der Waals surface area contributed by atoms with E-state index in [1.165, 1.54) is 62.5 Å². The van der Waals surface area contributed by atoms with Crippen LogP contribution in [0.1, 0.15) is 64.9 Å². The number of carbonyl (C=O) groups is 2. The first-order valence-corrected chi connectivity index (χ1v) is 21.4. The number of methoxy groups -OCH3 is 2. The van der Waals surface area contributed by atoms with Gasteiger partial charge in [-0.3, -0.25) is 0 Å². The summed E-state index contributed by atoms with van der Waals surface area (Å²) in [7, 11) is 3.01. The maximum absolute atomic E-state index is 12.5. The molecule has 206 valence electrons. The van der Waals surface area contributed by atoms with E-state index in [0.29, 0.717) is 0 Å². The van der Waals surface area contributed by atoms with Crippen LogP contribution in [0.4, 0.5) is 4.79 Å². The number of rotatable bonds is 16. The average Bonchev–Trinajstić information content (AvgIpc) is 2.86. The standard InChI is InChI=1S/C14H15Cl3NO5.3C4H9.Sn/c1-21-10-5-3-9(4-6-10)7-11(12(19)22-2)18-13(20)23-8-14(15,16)17;3*1-3-4-2;/h3-5,11H,7-8H2,1-2H3,(H,18,20);3*1,3-4H2,2H3;/t11-;;;;/m0..../s1. The van der Waals surface area contributed by atoms with E-state index >= 15 is 0 Å². The Morgan fingerprint density at radius 3 is 1.97 bits per heavy atom. The predicted molar refractivity (Wildman–Crippen MR) is 152 cm³/mol. The van der Waals surface area contributed by atoms with Gasteiger partial charge in [-0.05, 0) is 0 Å². The van der Waals surface area contributed by atoms with Crippen molar-refractivity contribution in [3.8, 4) is 5.75 Å². The number of amides is 1. The Morgan fingerprint density at radius 2 is 1.53 bits per heavy atom. The molecular formula is C26H42Cl3NO5Sn. The van der Waals surface area contributed by atoms with Crippen molar-refractivity contribution in [1.82, 2.24) is 5.32 Å². The zero-order chi connectivity index (χ0) is 27.2. The van der Waals surface area contributed by atoms with Crippen molar-refractivity contribution in [2.75, 3.05) is 20.8 Å². The molecule has 0 unspecified atom stereocenters. The Labute approximate surface area is 235 Å². The van der Waals surface area contributed by atoms with E-state index in [9.17, 15) is 9.59 Å². The molecular weight excluding hydrogens is 631 g/mol. The number of unbranched alkanes of at least 4 members (excludes halogenated alkanes) is 3. The summed E-state index contributed by atoms with van der Waals surface area (Å²) in [5.41, 5.74) is 0.938. The topological polar surface area (TPSA) is 73.9 Å². The number of halogens is 3. The Kier molecular flexibility index (Phi) is 15.9. The summed E-state index contributed by atoms with van der Waals surface area (Å²) in [6.07, 6.45) is 6.57. The van der Waals surface area contributed by atoms with Gasteiger partial charge in [-0.25, -0.2) is 0 Å². The van der Waals surface area contributed by atoms with Gasteiger partial charge in [0.25, 0.3) is 0 Å². The Bertz CT molecular complexity index is 797. The van der Waals surface area contributed by atoms with Crippen LogP contribution in [0.2, 0.25) is 13.3 Å². The molecule has 1 aromatic rings. The second-order valence-electron chi connectivity index (χ2n) is 9.24. The van der Waals surface area contributed by atoms with Gasteiger partial charge in [0.2, 0.25) is 0 Å². The summed E-state index contributed by atoms with van der Waals surface area (Å²) in [4.78, 5) is 24.8. The van der Waals surface area contributed by atoms with E-state index in [-0.39, 0.29) is 6.42 Å². The SMILES string of the molecule is CCC[CH2][Sn]([CH2]CCC)([CH2]CCC)[c]1cc(C[C@H](NC(=O)OCC(Cl)(Cl)Cl)C(=O)OC)ccc1OC. The fourth-order valence-corrected chi connectivity index (χ4v) is 21.4. The van der Waals surface area contributed by atoms with Gasteiger partial charge in [-0.2, -0.15) is 0 Å². The quantitative estimate of drug-likeness (QED) is 0.117. The second kappa shape index (κ2) is 17.1. The molecule has 6 nitrogen and oxygen atoms in total. The van der Waals surface area contributed by atoms with E-state index in [4.69, 9.17) is 49.0 Å². The van der Waals surface area contributed by atoms with Crippen LogP contribution in [-0.2, 0) is 20.7 Å². The van der Waals surface area contributed by atoms with Gasteiger partial charge >= 0.3 is 237 Å². The third kappa shape index (κ3) is 11.4. The van der Waals surface area contributed by atoms with E-state index in [1.807, 2.05) is 12.1 Å². The second-order valence-corrected chi connectivity index (χ2v) is 24.9. The molecule has 1 rings (SSSR count). The van der Waals surface area contributed by atoms with Crippen LogP contribution >= 0.6 is 34.8 Å². The van der Waals surface area contributed by atoms with Crippen molar-refractivity contribution >= 4 is 68.8 Å². The van der Waals surface area contributed by atoms with Crippen LogP contribution in [0.25, 0.3) is 0 Å². The number of ether oxygens (including phenoxy) is 3. The third-order valence-electron chi connectivity index (χ3n) is 6.45. The molecule has 0 spiro atoms. The summed E-state index contributed by atoms with van der Waals surface area (Å²) in [6, 6.07) is 5.24. The first kappa shape index (κ1) is 33.5. The molecule has 0 radical (unpaired) electrons. The fourth-order valence-electron chi connectivity index (χ4n) is 4.52. The number of benzene rings is 1. The normalized spacial score (nSPS) is 12.7. The van der Waals surface area contributed by atoms with Crippen molar-refractivity contribution < 1.29 is 23.8 Å². The van der Waals surface area contributed by atoms with E-state index < -0.39 is 46.9 Å². The van der Waals surface area contributed by atoms with Crippen molar-refractivity contribution in [3.05, 3.63) is 23.8 Å². The summed E-state index contributed by atoms with van der Waals surface area (Å²) in [6.45, 7) is 6.31. The molecule has 1 aromatic carbocycles. The molecule has 36 heavy (non-hydrogen) atoms. The number of alkyl carbamates (subject to hydrolysis) is 1. The summed E-state index contributed by atoms with van der Waals surface area (Å²) >= 11 is 14.1. The molecule has 0 saturated carbocycles. The first-order chi connectivity index (χ1) is 17.1. The van der Waals surface area contributed by atoms with Crippen molar-refractivity contribution in [3.63, 3.8) is 0 Å². The number of hydrogen-bond donors (Lipinski definition) is 1. The minimum atomic E-state index is -2.84. The average molecular weight is 674 g/mol. The fraction of sp³-hybridized carbons (Fsp3) is 0.692. The van der Waals surface area contributed by atoms with Crippen LogP contribution in [0.15, 0.2) is 18.2 Å². The minimum absolute atomic E-state index is 0.254. The summed E-state index contributed by atoms with van der Waals surface area (Å²) in [5, 5.41) is 2.55. The molecule has 1 amide bonds. The van der Waals surface area contributed by atoms with Crippen LogP contribution < -0.4 is 13.6 Å². The van der Waals surface area contributed by atoms with Gasteiger partial charge in [0.1, 0.15) is 0 Å². The van der Waals surface area contributed by atoms with Gasteiger partial charge in [0, 0.05) is 0 Å². The van der Waals surface area contributed by atoms with Gasteiger partial charge < -0.3 is 0 Å². The molecule has 1 N–H and O–H groups in total. The molecule has 0 saturated heterocycles. The van der Waals surface area contributed by atoms with Crippen LogP contribution in [0.3, 0.4) is 0 Å². The number of carbonyl (C=O) groups excluding carboxylic acids is 2. The monoisotopic (exact) mass is 673 g/mol. The van der Waals surface area contributed by atoms with Crippen molar-refractivity contribution in [2.45, 2.75) is 88.9 Å². The van der Waals surface area contributed by atoms with E-state index in [1.54, 1.807) is 7.11 Å². The molecule has 10 heteroatoms.